The van der Waals surface area contributed by atoms with Crippen molar-refractivity contribution in [2.24, 2.45) is 0 Å². The van der Waals surface area contributed by atoms with Crippen LogP contribution in [0.1, 0.15) is 24.2 Å². The number of rotatable bonds is 3. The monoisotopic (exact) mass is 323 g/mol. The Morgan fingerprint density at radius 3 is 2.43 bits per heavy atom. The molecule has 0 aromatic heterocycles. The Kier molecular flexibility index (Phi) is 4.60. The Hall–Kier alpha value is -1.12. The minimum absolute atomic E-state index is 0.00721. The molecular weight excluding hydrogens is 307 g/mol. The number of hydrogen-bond acceptors (Lipinski definition) is 3. The molecule has 1 aromatic carbocycles. The van der Waals surface area contributed by atoms with E-state index in [1.807, 2.05) is 0 Å². The highest BCUT2D eigenvalue weighted by atomic mass is 32.2. The highest BCUT2D eigenvalue weighted by Gasteiger charge is 2.32. The number of alkyl halides is 3. The summed E-state index contributed by atoms with van der Waals surface area (Å²) in [5, 5.41) is 0. The number of benzene rings is 1. The van der Waals surface area contributed by atoms with E-state index in [1.54, 1.807) is 6.92 Å². The number of nitrogens with zero attached hydrogens (tertiary/aromatic N) is 1. The van der Waals surface area contributed by atoms with Crippen LogP contribution >= 0.6 is 0 Å². The molecule has 4 nitrogen and oxygen atoms in total. The third-order valence-electron chi connectivity index (χ3n) is 3.40. The molecule has 1 fully saturated rings. The molecule has 1 aliphatic heterocycles. The van der Waals surface area contributed by atoms with Gasteiger partial charge in [0.15, 0.2) is 0 Å². The summed E-state index contributed by atoms with van der Waals surface area (Å²) in [6, 6.07) is 4.61. The fourth-order valence-electron chi connectivity index (χ4n) is 2.15. The van der Waals surface area contributed by atoms with Crippen LogP contribution in [0.15, 0.2) is 24.3 Å². The van der Waals surface area contributed by atoms with Gasteiger partial charge in [-0.15, -0.1) is 0 Å². The SMILES string of the molecule is CCS(=O)(=O)N1CCOC(c2ccc(C(F)(F)F)cc2)C1. The van der Waals surface area contributed by atoms with Gasteiger partial charge in [-0.1, -0.05) is 12.1 Å². The first-order valence-corrected chi connectivity index (χ1v) is 8.11. The third kappa shape index (κ3) is 3.75. The van der Waals surface area contributed by atoms with Gasteiger partial charge in [0.25, 0.3) is 0 Å². The molecule has 1 heterocycles. The Labute approximate surface area is 121 Å². The minimum Gasteiger partial charge on any atom is -0.371 e. The summed E-state index contributed by atoms with van der Waals surface area (Å²) >= 11 is 0. The Bertz CT molecular complexity index is 584. The van der Waals surface area contributed by atoms with Gasteiger partial charge in [0, 0.05) is 13.1 Å². The van der Waals surface area contributed by atoms with E-state index in [0.29, 0.717) is 5.56 Å². The van der Waals surface area contributed by atoms with Crippen molar-refractivity contribution in [2.45, 2.75) is 19.2 Å². The van der Waals surface area contributed by atoms with Crippen LogP contribution in [0.4, 0.5) is 13.2 Å². The largest absolute Gasteiger partial charge is 0.416 e. The summed E-state index contributed by atoms with van der Waals surface area (Å²) in [7, 11) is -3.32. The van der Waals surface area contributed by atoms with Gasteiger partial charge in [-0.25, -0.2) is 8.42 Å². The van der Waals surface area contributed by atoms with Gasteiger partial charge in [-0.05, 0) is 24.6 Å². The van der Waals surface area contributed by atoms with Crippen molar-refractivity contribution >= 4 is 10.0 Å². The van der Waals surface area contributed by atoms with Gasteiger partial charge in [-0.2, -0.15) is 17.5 Å². The number of morpholine rings is 1. The van der Waals surface area contributed by atoms with Gasteiger partial charge >= 0.3 is 6.18 Å². The standard InChI is InChI=1S/C13H16F3NO3S/c1-2-21(18,19)17-7-8-20-12(9-17)10-3-5-11(6-4-10)13(14,15)16/h3-6,12H,2,7-9H2,1H3. The topological polar surface area (TPSA) is 46.6 Å². The summed E-state index contributed by atoms with van der Waals surface area (Å²) in [6.07, 6.45) is -4.92. The highest BCUT2D eigenvalue weighted by molar-refractivity contribution is 7.89. The zero-order valence-electron chi connectivity index (χ0n) is 11.4. The number of halogens is 3. The number of ether oxygens (including phenoxy) is 1. The predicted octanol–water partition coefficient (Wildman–Crippen LogP) is 2.43. The van der Waals surface area contributed by atoms with Crippen molar-refractivity contribution < 1.29 is 26.3 Å². The lowest BCUT2D eigenvalue weighted by atomic mass is 10.1. The van der Waals surface area contributed by atoms with Crippen LogP contribution in [-0.2, 0) is 20.9 Å². The lowest BCUT2D eigenvalue weighted by Gasteiger charge is -2.32. The van der Waals surface area contributed by atoms with Crippen LogP contribution in [-0.4, -0.2) is 38.2 Å². The van der Waals surface area contributed by atoms with Crippen molar-refractivity contribution in [2.75, 3.05) is 25.4 Å². The zero-order chi connectivity index (χ0) is 15.7. The van der Waals surface area contributed by atoms with Crippen LogP contribution in [0.2, 0.25) is 0 Å². The second-order valence-corrected chi connectivity index (χ2v) is 7.00. The summed E-state index contributed by atoms with van der Waals surface area (Å²) < 4.78 is 68.0. The van der Waals surface area contributed by atoms with E-state index >= 15 is 0 Å². The maximum atomic E-state index is 12.5. The third-order valence-corrected chi connectivity index (χ3v) is 5.25. The summed E-state index contributed by atoms with van der Waals surface area (Å²) in [5.74, 6) is -0.00721. The Morgan fingerprint density at radius 1 is 1.29 bits per heavy atom. The zero-order valence-corrected chi connectivity index (χ0v) is 12.2. The lowest BCUT2D eigenvalue weighted by Crippen LogP contribution is -2.42. The first-order valence-electron chi connectivity index (χ1n) is 6.50. The van der Waals surface area contributed by atoms with E-state index in [-0.39, 0.29) is 25.4 Å². The molecule has 0 amide bonds. The molecule has 0 saturated carbocycles. The van der Waals surface area contributed by atoms with Crippen LogP contribution in [0, 0.1) is 0 Å². The fraction of sp³-hybridized carbons (Fsp3) is 0.538. The fourth-order valence-corrected chi connectivity index (χ4v) is 3.23. The van der Waals surface area contributed by atoms with Gasteiger partial charge < -0.3 is 4.74 Å². The maximum absolute atomic E-state index is 12.5. The molecule has 2 rings (SSSR count). The van der Waals surface area contributed by atoms with Crippen LogP contribution in [0.25, 0.3) is 0 Å². The average Bonchev–Trinajstić information content (AvgIpc) is 2.46. The first-order chi connectivity index (χ1) is 9.74. The molecule has 118 valence electrons. The van der Waals surface area contributed by atoms with Crippen LogP contribution in [0.3, 0.4) is 0 Å². The maximum Gasteiger partial charge on any atom is 0.416 e. The van der Waals surface area contributed by atoms with Gasteiger partial charge in [0.2, 0.25) is 10.0 Å². The molecule has 0 radical (unpaired) electrons. The van der Waals surface area contributed by atoms with E-state index in [2.05, 4.69) is 0 Å². The molecule has 0 bridgehead atoms. The predicted molar refractivity (Wildman–Crippen MR) is 71.2 cm³/mol. The average molecular weight is 323 g/mol. The van der Waals surface area contributed by atoms with E-state index in [1.165, 1.54) is 16.4 Å². The summed E-state index contributed by atoms with van der Waals surface area (Å²) in [4.78, 5) is 0. The van der Waals surface area contributed by atoms with Gasteiger partial charge in [0.05, 0.1) is 24.0 Å². The molecule has 1 aromatic rings. The van der Waals surface area contributed by atoms with Crippen molar-refractivity contribution in [1.29, 1.82) is 0 Å². The molecule has 1 unspecified atom stereocenters. The Balaban J connectivity index is 2.15. The van der Waals surface area contributed by atoms with Crippen molar-refractivity contribution in [3.8, 4) is 0 Å². The molecule has 8 heteroatoms. The normalized spacial score (nSPS) is 21.4. The van der Waals surface area contributed by atoms with Gasteiger partial charge in [-0.3, -0.25) is 0 Å². The molecule has 21 heavy (non-hydrogen) atoms. The second kappa shape index (κ2) is 5.94. The van der Waals surface area contributed by atoms with E-state index < -0.39 is 27.9 Å². The van der Waals surface area contributed by atoms with E-state index in [0.717, 1.165) is 12.1 Å². The second-order valence-electron chi connectivity index (χ2n) is 4.74. The lowest BCUT2D eigenvalue weighted by molar-refractivity contribution is -0.137. The summed E-state index contributed by atoms with van der Waals surface area (Å²) in [5.41, 5.74) is -0.195. The summed E-state index contributed by atoms with van der Waals surface area (Å²) in [6.45, 7) is 2.18. The Morgan fingerprint density at radius 2 is 1.90 bits per heavy atom. The quantitative estimate of drug-likeness (QED) is 0.858. The highest BCUT2D eigenvalue weighted by Crippen LogP contribution is 2.31. The van der Waals surface area contributed by atoms with Crippen molar-refractivity contribution in [3.05, 3.63) is 35.4 Å². The molecule has 1 aliphatic rings. The van der Waals surface area contributed by atoms with E-state index in [4.69, 9.17) is 4.74 Å². The molecular formula is C13H16F3NO3S. The van der Waals surface area contributed by atoms with Crippen LogP contribution in [0.5, 0.6) is 0 Å². The molecule has 0 aliphatic carbocycles. The smallest absolute Gasteiger partial charge is 0.371 e. The van der Waals surface area contributed by atoms with Crippen molar-refractivity contribution in [1.82, 2.24) is 4.31 Å². The first kappa shape index (κ1) is 16.3. The van der Waals surface area contributed by atoms with Gasteiger partial charge in [0.1, 0.15) is 0 Å². The van der Waals surface area contributed by atoms with Crippen LogP contribution < -0.4 is 0 Å². The molecule has 1 atom stereocenters. The number of sulfonamides is 1. The molecule has 0 N–H and O–H groups in total. The minimum atomic E-state index is -4.39. The molecule has 1 saturated heterocycles. The van der Waals surface area contributed by atoms with E-state index in [9.17, 15) is 21.6 Å². The van der Waals surface area contributed by atoms with Crippen molar-refractivity contribution in [3.63, 3.8) is 0 Å². The number of hydrogen-bond donors (Lipinski definition) is 0. The molecule has 0 spiro atoms.